The van der Waals surface area contributed by atoms with Crippen molar-refractivity contribution in [3.63, 3.8) is 0 Å². The van der Waals surface area contributed by atoms with Crippen molar-refractivity contribution in [1.82, 2.24) is 4.90 Å². The zero-order valence-electron chi connectivity index (χ0n) is 22.8. The number of hydrogen-bond acceptors (Lipinski definition) is 5. The molecule has 7 heteroatoms. The summed E-state index contributed by atoms with van der Waals surface area (Å²) >= 11 is 0. The Balaban J connectivity index is 1.27. The predicted molar refractivity (Wildman–Crippen MR) is 149 cm³/mol. The highest BCUT2D eigenvalue weighted by Gasteiger charge is 2.63. The zero-order valence-corrected chi connectivity index (χ0v) is 22.8. The van der Waals surface area contributed by atoms with Gasteiger partial charge in [0.1, 0.15) is 6.04 Å². The summed E-state index contributed by atoms with van der Waals surface area (Å²) in [4.78, 5) is 55.3. The Morgan fingerprint density at radius 2 is 1.27 bits per heavy atom. The predicted octanol–water partition coefficient (Wildman–Crippen LogP) is 4.78. The summed E-state index contributed by atoms with van der Waals surface area (Å²) in [6, 6.07) is 22.2. The molecular weight excluding hydrogens is 504 g/mol. The third-order valence-electron chi connectivity index (χ3n) is 8.44. The smallest absolute Gasteiger partial charge is 0.329 e. The second kappa shape index (κ2) is 10.0. The number of amides is 3. The highest BCUT2D eigenvalue weighted by Crippen LogP contribution is 2.61. The van der Waals surface area contributed by atoms with Crippen LogP contribution < -0.4 is 5.32 Å². The van der Waals surface area contributed by atoms with Crippen LogP contribution in [0.2, 0.25) is 0 Å². The molecule has 7 rings (SSSR count). The number of likely N-dealkylation sites (tertiary alicyclic amines) is 1. The van der Waals surface area contributed by atoms with Crippen molar-refractivity contribution in [3.05, 3.63) is 101 Å². The van der Waals surface area contributed by atoms with Crippen LogP contribution in [-0.2, 0) is 23.9 Å². The fraction of sp³-hybridized carbons (Fsp3) is 0.333. The molecule has 3 aliphatic carbocycles. The van der Waals surface area contributed by atoms with E-state index in [1.54, 1.807) is 12.1 Å². The molecule has 0 spiro atoms. The van der Waals surface area contributed by atoms with E-state index in [0.717, 1.165) is 32.7 Å². The molecule has 0 aromatic heterocycles. The molecule has 3 aromatic carbocycles. The minimum Gasteiger partial charge on any atom is -0.454 e. The molecule has 0 saturated carbocycles. The minimum atomic E-state index is -1.09. The van der Waals surface area contributed by atoms with E-state index in [-0.39, 0.29) is 36.0 Å². The first-order valence-corrected chi connectivity index (χ1v) is 13.8. The average Bonchev–Trinajstić information content (AvgIpc) is 3.21. The number of aryl methyl sites for hydroxylation is 1. The first kappa shape index (κ1) is 26.0. The lowest BCUT2D eigenvalue weighted by Crippen LogP contribution is -2.47. The molecule has 40 heavy (non-hydrogen) atoms. The monoisotopic (exact) mass is 536 g/mol. The van der Waals surface area contributed by atoms with Crippen LogP contribution in [0.15, 0.2) is 72.8 Å². The number of carbonyl (C=O) groups is 4. The average molecular weight is 537 g/mol. The quantitative estimate of drug-likeness (QED) is 0.347. The summed E-state index contributed by atoms with van der Waals surface area (Å²) in [5.74, 6) is -3.54. The molecule has 3 amide bonds. The number of rotatable bonds is 7. The lowest BCUT2D eigenvalue weighted by molar-refractivity contribution is -0.160. The van der Waals surface area contributed by atoms with E-state index in [2.05, 4.69) is 5.32 Å². The second-order valence-electron chi connectivity index (χ2n) is 11.5. The van der Waals surface area contributed by atoms with Crippen LogP contribution in [0.1, 0.15) is 59.9 Å². The summed E-state index contributed by atoms with van der Waals surface area (Å²) in [6.07, 6.45) is 0.255. The SMILES string of the molecule is Cc1ccc(NC(=O)COC(=O)[C@H](CC(C)C)N2C(=O)[C@@H]3C4c5ccccc5C(c5ccccc54)[C@@H]3C2=O)cc1. The van der Waals surface area contributed by atoms with E-state index in [4.69, 9.17) is 4.74 Å². The molecule has 3 atom stereocenters. The van der Waals surface area contributed by atoms with Crippen LogP contribution in [0.25, 0.3) is 0 Å². The van der Waals surface area contributed by atoms with E-state index in [1.165, 1.54) is 0 Å². The van der Waals surface area contributed by atoms with Crippen molar-refractivity contribution in [3.8, 4) is 0 Å². The Kier molecular flexibility index (Phi) is 6.53. The second-order valence-corrected chi connectivity index (χ2v) is 11.5. The Hall–Kier alpha value is -4.26. The molecule has 7 nitrogen and oxygen atoms in total. The van der Waals surface area contributed by atoms with Gasteiger partial charge in [-0.3, -0.25) is 19.3 Å². The van der Waals surface area contributed by atoms with Gasteiger partial charge in [0, 0.05) is 17.5 Å². The minimum absolute atomic E-state index is 0.00767. The molecular formula is C33H32N2O5. The number of benzene rings is 3. The number of nitrogens with zero attached hydrogens (tertiary/aromatic N) is 1. The van der Waals surface area contributed by atoms with E-state index >= 15 is 0 Å². The normalized spacial score (nSPS) is 22.9. The van der Waals surface area contributed by atoms with Crippen molar-refractivity contribution in [2.45, 2.75) is 45.1 Å². The summed E-state index contributed by atoms with van der Waals surface area (Å²) in [5, 5.41) is 2.71. The van der Waals surface area contributed by atoms with Crippen molar-refractivity contribution in [1.29, 1.82) is 0 Å². The van der Waals surface area contributed by atoms with Crippen molar-refractivity contribution >= 4 is 29.4 Å². The number of hydrogen-bond donors (Lipinski definition) is 1. The van der Waals surface area contributed by atoms with Gasteiger partial charge in [0.25, 0.3) is 5.91 Å². The molecule has 1 fully saturated rings. The van der Waals surface area contributed by atoms with E-state index in [0.29, 0.717) is 5.69 Å². The number of ether oxygens (including phenoxy) is 1. The molecule has 0 radical (unpaired) electrons. The molecule has 1 N–H and O–H groups in total. The maximum Gasteiger partial charge on any atom is 0.329 e. The molecule has 2 bridgehead atoms. The van der Waals surface area contributed by atoms with Gasteiger partial charge < -0.3 is 10.1 Å². The number of nitrogens with one attached hydrogen (secondary N) is 1. The fourth-order valence-corrected chi connectivity index (χ4v) is 6.83. The lowest BCUT2D eigenvalue weighted by atomic mass is 9.55. The summed E-state index contributed by atoms with van der Waals surface area (Å²) in [7, 11) is 0. The van der Waals surface area contributed by atoms with Crippen LogP contribution in [0.3, 0.4) is 0 Å². The van der Waals surface area contributed by atoms with Crippen molar-refractivity contribution in [2.75, 3.05) is 11.9 Å². The van der Waals surface area contributed by atoms with Crippen LogP contribution in [-0.4, -0.2) is 41.2 Å². The van der Waals surface area contributed by atoms with Crippen molar-refractivity contribution in [2.24, 2.45) is 17.8 Å². The molecule has 1 aliphatic heterocycles. The summed E-state index contributed by atoms with van der Waals surface area (Å²) < 4.78 is 5.42. The largest absolute Gasteiger partial charge is 0.454 e. The van der Waals surface area contributed by atoms with Gasteiger partial charge in [-0.1, -0.05) is 80.1 Å². The van der Waals surface area contributed by atoms with Gasteiger partial charge in [-0.25, -0.2) is 4.79 Å². The maximum atomic E-state index is 14.1. The highest BCUT2D eigenvalue weighted by atomic mass is 16.5. The van der Waals surface area contributed by atoms with E-state index in [1.807, 2.05) is 81.4 Å². The Morgan fingerprint density at radius 3 is 1.73 bits per heavy atom. The maximum absolute atomic E-state index is 14.1. The third kappa shape index (κ3) is 4.21. The van der Waals surface area contributed by atoms with Crippen LogP contribution in [0.5, 0.6) is 0 Å². The number of esters is 1. The topological polar surface area (TPSA) is 92.8 Å². The first-order valence-electron chi connectivity index (χ1n) is 13.8. The third-order valence-corrected chi connectivity index (χ3v) is 8.44. The van der Waals surface area contributed by atoms with Crippen LogP contribution >= 0.6 is 0 Å². The van der Waals surface area contributed by atoms with Gasteiger partial charge in [0.05, 0.1) is 11.8 Å². The van der Waals surface area contributed by atoms with Gasteiger partial charge in [-0.2, -0.15) is 0 Å². The molecule has 3 aromatic rings. The number of imide groups is 1. The van der Waals surface area contributed by atoms with E-state index in [9.17, 15) is 19.2 Å². The van der Waals surface area contributed by atoms with Crippen molar-refractivity contribution < 1.29 is 23.9 Å². The number of anilines is 1. The van der Waals surface area contributed by atoms with Gasteiger partial charge >= 0.3 is 5.97 Å². The fourth-order valence-electron chi connectivity index (χ4n) is 6.83. The Labute approximate surface area is 233 Å². The zero-order chi connectivity index (χ0) is 28.1. The molecule has 1 heterocycles. The summed E-state index contributed by atoms with van der Waals surface area (Å²) in [6.45, 7) is 5.30. The molecule has 4 aliphatic rings. The first-order chi connectivity index (χ1) is 19.3. The molecule has 0 unspecified atom stereocenters. The standard InChI is InChI=1S/C33H32N2O5/c1-18(2)16-25(33(39)40-17-26(36)34-20-14-12-19(3)13-15-20)35-31(37)29-27-21-8-4-5-9-22(21)28(30(29)32(35)38)24-11-7-6-10-23(24)27/h4-15,18,25,27-30H,16-17H2,1-3H3,(H,34,36)/t25-,27?,28?,29-,30+/m0/s1. The van der Waals surface area contributed by atoms with E-state index < -0.39 is 36.4 Å². The van der Waals surface area contributed by atoms with Crippen LogP contribution in [0, 0.1) is 24.7 Å². The number of carbonyl (C=O) groups excluding carboxylic acids is 4. The molecule has 1 saturated heterocycles. The lowest BCUT2D eigenvalue weighted by Gasteiger charge is -2.45. The van der Waals surface area contributed by atoms with Crippen LogP contribution in [0.4, 0.5) is 5.69 Å². The Bertz CT molecular complexity index is 1400. The highest BCUT2D eigenvalue weighted by molar-refractivity contribution is 6.10. The van der Waals surface area contributed by atoms with Gasteiger partial charge in [-0.15, -0.1) is 0 Å². The molecule has 204 valence electrons. The van der Waals surface area contributed by atoms with Gasteiger partial charge in [0.2, 0.25) is 11.8 Å². The van der Waals surface area contributed by atoms with Gasteiger partial charge in [0.15, 0.2) is 6.61 Å². The summed E-state index contributed by atoms with van der Waals surface area (Å²) in [5.41, 5.74) is 5.95. The van der Waals surface area contributed by atoms with Gasteiger partial charge in [-0.05, 0) is 53.6 Å². The Morgan fingerprint density at radius 1 is 0.800 bits per heavy atom.